The topological polar surface area (TPSA) is 80.6 Å². The van der Waals surface area contributed by atoms with Crippen LogP contribution in [0.3, 0.4) is 0 Å². The zero-order chi connectivity index (χ0) is 15.2. The lowest BCUT2D eigenvalue weighted by molar-refractivity contribution is 0.396. The number of nitrogens with one attached hydrogen (secondary N) is 1. The Morgan fingerprint density at radius 2 is 2.05 bits per heavy atom. The number of aromatic nitrogens is 2. The first kappa shape index (κ1) is 13.8. The summed E-state index contributed by atoms with van der Waals surface area (Å²) in [7, 11) is -2.83. The van der Waals surface area contributed by atoms with Gasteiger partial charge in [-0.05, 0) is 18.2 Å². The van der Waals surface area contributed by atoms with Crippen molar-refractivity contribution < 1.29 is 17.0 Å². The van der Waals surface area contributed by atoms with Gasteiger partial charge in [0.1, 0.15) is 16.8 Å². The molecule has 3 aromatic rings. The van der Waals surface area contributed by atoms with Gasteiger partial charge >= 0.3 is 0 Å². The van der Waals surface area contributed by atoms with Crippen LogP contribution in [0.1, 0.15) is 5.56 Å². The summed E-state index contributed by atoms with van der Waals surface area (Å²) in [5, 5.41) is 0. The number of rotatable bonds is 3. The standard InChI is InChI=1S/C13H11FN2O4S/c1-20-21(18,19)7-8-4-5-9-12(11(8)14)15-13(17)10-3-2-6-16(9)10/h2-6H,7H2,1H3,(H,15,17). The van der Waals surface area contributed by atoms with E-state index < -0.39 is 27.2 Å². The summed E-state index contributed by atoms with van der Waals surface area (Å²) >= 11 is 0. The van der Waals surface area contributed by atoms with Crippen LogP contribution in [0, 0.1) is 5.82 Å². The number of halogens is 1. The predicted octanol–water partition coefficient (Wildman–Crippen LogP) is 1.40. The van der Waals surface area contributed by atoms with Crippen LogP contribution in [0.4, 0.5) is 4.39 Å². The highest BCUT2D eigenvalue weighted by Gasteiger charge is 2.17. The normalized spacial score (nSPS) is 12.3. The van der Waals surface area contributed by atoms with Crippen molar-refractivity contribution in [3.63, 3.8) is 0 Å². The average molecular weight is 310 g/mol. The number of hydrogen-bond acceptors (Lipinski definition) is 4. The maximum atomic E-state index is 14.4. The fourth-order valence-corrected chi connectivity index (χ4v) is 2.96. The van der Waals surface area contributed by atoms with E-state index in [9.17, 15) is 17.6 Å². The van der Waals surface area contributed by atoms with Gasteiger partial charge in [-0.2, -0.15) is 8.42 Å². The molecule has 1 aromatic carbocycles. The molecule has 0 amide bonds. The van der Waals surface area contributed by atoms with E-state index in [2.05, 4.69) is 9.17 Å². The molecular weight excluding hydrogens is 299 g/mol. The van der Waals surface area contributed by atoms with Crippen LogP contribution in [0.15, 0.2) is 35.3 Å². The minimum atomic E-state index is -3.84. The van der Waals surface area contributed by atoms with Crippen molar-refractivity contribution in [2.75, 3.05) is 7.11 Å². The van der Waals surface area contributed by atoms with Gasteiger partial charge in [-0.25, -0.2) is 4.39 Å². The van der Waals surface area contributed by atoms with Gasteiger partial charge in [0.2, 0.25) is 0 Å². The van der Waals surface area contributed by atoms with E-state index in [1.54, 1.807) is 28.8 Å². The molecule has 0 aliphatic rings. The first-order valence-electron chi connectivity index (χ1n) is 6.02. The van der Waals surface area contributed by atoms with E-state index in [0.29, 0.717) is 11.0 Å². The molecule has 0 unspecified atom stereocenters. The van der Waals surface area contributed by atoms with E-state index in [-0.39, 0.29) is 11.1 Å². The zero-order valence-electron chi connectivity index (χ0n) is 11.0. The highest BCUT2D eigenvalue weighted by atomic mass is 32.2. The first-order chi connectivity index (χ1) is 9.93. The number of benzene rings is 1. The van der Waals surface area contributed by atoms with Gasteiger partial charge in [-0.15, -0.1) is 0 Å². The lowest BCUT2D eigenvalue weighted by atomic mass is 10.2. The molecule has 6 nitrogen and oxygen atoms in total. The highest BCUT2D eigenvalue weighted by Crippen LogP contribution is 2.21. The molecule has 0 aliphatic heterocycles. The summed E-state index contributed by atoms with van der Waals surface area (Å²) in [6.07, 6.45) is 1.64. The summed E-state index contributed by atoms with van der Waals surface area (Å²) in [6.45, 7) is 0. The van der Waals surface area contributed by atoms with E-state index >= 15 is 0 Å². The monoisotopic (exact) mass is 310 g/mol. The molecular formula is C13H11FN2O4S. The molecule has 21 heavy (non-hydrogen) atoms. The van der Waals surface area contributed by atoms with E-state index in [4.69, 9.17) is 0 Å². The van der Waals surface area contributed by atoms with Crippen molar-refractivity contribution in [1.82, 2.24) is 9.38 Å². The summed E-state index contributed by atoms with van der Waals surface area (Å²) in [4.78, 5) is 14.3. The van der Waals surface area contributed by atoms with Crippen molar-refractivity contribution in [3.05, 3.63) is 52.2 Å². The van der Waals surface area contributed by atoms with Gasteiger partial charge in [0, 0.05) is 11.8 Å². The minimum absolute atomic E-state index is 0.0347. The molecule has 0 bridgehead atoms. The Bertz CT molecular complexity index is 1000. The number of aromatic amines is 1. The quantitative estimate of drug-likeness (QED) is 0.741. The van der Waals surface area contributed by atoms with Crippen LogP contribution in [-0.2, 0) is 20.1 Å². The second kappa shape index (κ2) is 4.68. The van der Waals surface area contributed by atoms with Gasteiger partial charge in [0.25, 0.3) is 15.7 Å². The number of hydrogen-bond donors (Lipinski definition) is 1. The number of fused-ring (bicyclic) bond motifs is 3. The van der Waals surface area contributed by atoms with Crippen LogP contribution < -0.4 is 5.56 Å². The molecule has 0 spiro atoms. The van der Waals surface area contributed by atoms with Crippen LogP contribution in [0.5, 0.6) is 0 Å². The van der Waals surface area contributed by atoms with Crippen molar-refractivity contribution >= 4 is 26.7 Å². The van der Waals surface area contributed by atoms with Crippen LogP contribution >= 0.6 is 0 Å². The summed E-state index contributed by atoms with van der Waals surface area (Å²) in [5.41, 5.74) is 0.294. The van der Waals surface area contributed by atoms with Crippen LogP contribution in [-0.4, -0.2) is 24.9 Å². The van der Waals surface area contributed by atoms with Gasteiger partial charge < -0.3 is 9.38 Å². The molecule has 0 fully saturated rings. The summed E-state index contributed by atoms with van der Waals surface area (Å²) < 4.78 is 43.2. The lowest BCUT2D eigenvalue weighted by Crippen LogP contribution is -2.12. The highest BCUT2D eigenvalue weighted by molar-refractivity contribution is 7.85. The molecule has 0 radical (unpaired) electrons. The molecule has 0 saturated carbocycles. The third-order valence-corrected chi connectivity index (χ3v) is 4.44. The van der Waals surface area contributed by atoms with Crippen molar-refractivity contribution in [1.29, 1.82) is 0 Å². The molecule has 1 N–H and O–H groups in total. The van der Waals surface area contributed by atoms with Gasteiger partial charge in [-0.1, -0.05) is 6.07 Å². The molecule has 3 rings (SSSR count). The largest absolute Gasteiger partial charge is 0.316 e. The summed E-state index contributed by atoms with van der Waals surface area (Å²) in [5.74, 6) is -1.38. The third kappa shape index (κ3) is 2.22. The fraction of sp³-hybridized carbons (Fsp3) is 0.154. The average Bonchev–Trinajstić information content (AvgIpc) is 2.93. The Hall–Kier alpha value is -2.19. The van der Waals surface area contributed by atoms with Crippen LogP contribution in [0.25, 0.3) is 16.6 Å². The van der Waals surface area contributed by atoms with Gasteiger partial charge in [0.05, 0.1) is 12.6 Å². The molecule has 2 heterocycles. The molecule has 0 saturated heterocycles. The Morgan fingerprint density at radius 1 is 1.29 bits per heavy atom. The third-order valence-electron chi connectivity index (χ3n) is 3.27. The minimum Gasteiger partial charge on any atom is -0.316 e. The van der Waals surface area contributed by atoms with Gasteiger partial charge in [0.15, 0.2) is 5.82 Å². The first-order valence-corrected chi connectivity index (χ1v) is 7.59. The van der Waals surface area contributed by atoms with Crippen molar-refractivity contribution in [2.24, 2.45) is 0 Å². The van der Waals surface area contributed by atoms with Crippen LogP contribution in [0.2, 0.25) is 0 Å². The zero-order valence-corrected chi connectivity index (χ0v) is 11.8. The summed E-state index contributed by atoms with van der Waals surface area (Å²) in [6, 6.07) is 6.21. The Balaban J connectivity index is 2.31. The number of H-pyrrole nitrogens is 1. The smallest absolute Gasteiger partial charge is 0.272 e. The van der Waals surface area contributed by atoms with Gasteiger partial charge in [-0.3, -0.25) is 8.98 Å². The van der Waals surface area contributed by atoms with E-state index in [1.165, 1.54) is 6.07 Å². The van der Waals surface area contributed by atoms with E-state index in [1.807, 2.05) is 0 Å². The fourth-order valence-electron chi connectivity index (χ4n) is 2.24. The second-order valence-corrected chi connectivity index (χ2v) is 6.26. The Labute approximate surface area is 118 Å². The maximum Gasteiger partial charge on any atom is 0.272 e. The molecule has 110 valence electrons. The van der Waals surface area contributed by atoms with Crippen molar-refractivity contribution in [3.8, 4) is 0 Å². The lowest BCUT2D eigenvalue weighted by Gasteiger charge is -2.08. The Morgan fingerprint density at radius 3 is 2.76 bits per heavy atom. The van der Waals surface area contributed by atoms with Crippen molar-refractivity contribution in [2.45, 2.75) is 5.75 Å². The SMILES string of the molecule is COS(=O)(=O)Cc1ccc2c([nH]c(=O)c3cccn32)c1F. The second-order valence-electron chi connectivity index (χ2n) is 4.52. The predicted molar refractivity (Wildman–Crippen MR) is 75.1 cm³/mol. The van der Waals surface area contributed by atoms with E-state index in [0.717, 1.165) is 7.11 Å². The Kier molecular flexibility index (Phi) is 3.07. The molecule has 2 aromatic heterocycles. The molecule has 0 aliphatic carbocycles. The molecule has 0 atom stereocenters. The maximum absolute atomic E-state index is 14.4. The number of nitrogens with zero attached hydrogens (tertiary/aromatic N) is 1. The molecule has 8 heteroatoms.